The molecule has 23 heavy (non-hydrogen) atoms. The maximum absolute atomic E-state index is 12.1. The van der Waals surface area contributed by atoms with Crippen molar-refractivity contribution in [2.75, 3.05) is 45.3 Å². The summed E-state index contributed by atoms with van der Waals surface area (Å²) in [5.41, 5.74) is 1.74. The molecule has 1 N–H and O–H groups in total. The summed E-state index contributed by atoms with van der Waals surface area (Å²) >= 11 is 5.99. The lowest BCUT2D eigenvalue weighted by atomic mass is 10.1. The van der Waals surface area contributed by atoms with Crippen molar-refractivity contribution in [2.45, 2.75) is 25.9 Å². The number of piperidine rings is 1. The first kappa shape index (κ1) is 18.2. The fourth-order valence-corrected chi connectivity index (χ4v) is 2.78. The number of ether oxygens (including phenoxy) is 2. The number of hydrogen-bond acceptors (Lipinski definition) is 4. The smallest absolute Gasteiger partial charge is 0.238 e. The van der Waals surface area contributed by atoms with Gasteiger partial charge in [-0.3, -0.25) is 9.69 Å². The van der Waals surface area contributed by atoms with Crippen LogP contribution in [0.15, 0.2) is 18.2 Å². The number of methoxy groups -OCH3 is 1. The number of rotatable bonds is 7. The summed E-state index contributed by atoms with van der Waals surface area (Å²) in [7, 11) is 1.67. The average Bonchev–Trinajstić information content (AvgIpc) is 2.53. The monoisotopic (exact) mass is 340 g/mol. The molecule has 0 aliphatic carbocycles. The maximum Gasteiger partial charge on any atom is 0.238 e. The largest absolute Gasteiger partial charge is 0.382 e. The molecule has 1 saturated heterocycles. The van der Waals surface area contributed by atoms with Crippen molar-refractivity contribution >= 4 is 23.2 Å². The Kier molecular flexibility index (Phi) is 7.30. The van der Waals surface area contributed by atoms with Crippen LogP contribution in [0.5, 0.6) is 0 Å². The molecule has 1 heterocycles. The molecule has 1 aromatic rings. The molecule has 6 heteroatoms. The highest BCUT2D eigenvalue weighted by atomic mass is 35.5. The van der Waals surface area contributed by atoms with Gasteiger partial charge in [0.05, 0.1) is 25.9 Å². The van der Waals surface area contributed by atoms with Crippen molar-refractivity contribution in [1.82, 2.24) is 4.90 Å². The number of nitrogens with zero attached hydrogens (tertiary/aromatic N) is 1. The van der Waals surface area contributed by atoms with Crippen molar-refractivity contribution in [3.05, 3.63) is 28.8 Å². The number of aryl methyl sites for hydroxylation is 1. The molecule has 1 aliphatic rings. The molecule has 1 aromatic carbocycles. The van der Waals surface area contributed by atoms with E-state index >= 15 is 0 Å². The standard InChI is InChI=1S/C17H25ClN2O3/c1-13-11-14(3-4-16(13)18)19-17(21)12-20-7-5-15(6-8-20)23-10-9-22-2/h3-4,11,15H,5-10,12H2,1-2H3,(H,19,21). The Bertz CT molecular complexity index is 517. The van der Waals surface area contributed by atoms with Crippen LogP contribution in [-0.2, 0) is 14.3 Å². The van der Waals surface area contributed by atoms with Gasteiger partial charge in [0.15, 0.2) is 0 Å². The Morgan fingerprint density at radius 2 is 2.09 bits per heavy atom. The Morgan fingerprint density at radius 1 is 1.35 bits per heavy atom. The maximum atomic E-state index is 12.1. The van der Waals surface area contributed by atoms with Gasteiger partial charge in [0, 0.05) is 30.9 Å². The van der Waals surface area contributed by atoms with Crippen molar-refractivity contribution < 1.29 is 14.3 Å². The number of carbonyl (C=O) groups excluding carboxylic acids is 1. The van der Waals surface area contributed by atoms with Gasteiger partial charge in [0.25, 0.3) is 0 Å². The van der Waals surface area contributed by atoms with Crippen LogP contribution in [-0.4, -0.2) is 56.9 Å². The lowest BCUT2D eigenvalue weighted by molar-refractivity contribution is -0.118. The first-order valence-electron chi connectivity index (χ1n) is 7.97. The lowest BCUT2D eigenvalue weighted by Gasteiger charge is -2.31. The summed E-state index contributed by atoms with van der Waals surface area (Å²) in [6.07, 6.45) is 2.19. The van der Waals surface area contributed by atoms with E-state index in [-0.39, 0.29) is 12.0 Å². The molecule has 0 radical (unpaired) electrons. The first-order chi connectivity index (χ1) is 11.1. The van der Waals surface area contributed by atoms with Crippen LogP contribution in [0.2, 0.25) is 5.02 Å². The van der Waals surface area contributed by atoms with Gasteiger partial charge in [0.1, 0.15) is 0 Å². The van der Waals surface area contributed by atoms with Crippen LogP contribution in [0.4, 0.5) is 5.69 Å². The minimum Gasteiger partial charge on any atom is -0.382 e. The highest BCUT2D eigenvalue weighted by Gasteiger charge is 2.21. The number of hydrogen-bond donors (Lipinski definition) is 1. The van der Waals surface area contributed by atoms with Gasteiger partial charge in [-0.15, -0.1) is 0 Å². The van der Waals surface area contributed by atoms with Gasteiger partial charge in [-0.1, -0.05) is 11.6 Å². The van der Waals surface area contributed by atoms with E-state index in [9.17, 15) is 4.79 Å². The third-order valence-electron chi connectivity index (χ3n) is 3.98. The predicted molar refractivity (Wildman–Crippen MR) is 92.1 cm³/mol. The molecule has 5 nitrogen and oxygen atoms in total. The van der Waals surface area contributed by atoms with Gasteiger partial charge in [-0.2, -0.15) is 0 Å². The number of carbonyl (C=O) groups is 1. The van der Waals surface area contributed by atoms with E-state index < -0.39 is 0 Å². The summed E-state index contributed by atoms with van der Waals surface area (Å²) in [5.74, 6) is 0.00507. The average molecular weight is 341 g/mol. The van der Waals surface area contributed by atoms with Crippen molar-refractivity contribution in [3.63, 3.8) is 0 Å². The molecule has 2 rings (SSSR count). The highest BCUT2D eigenvalue weighted by molar-refractivity contribution is 6.31. The van der Waals surface area contributed by atoms with Crippen LogP contribution in [0, 0.1) is 6.92 Å². The lowest BCUT2D eigenvalue weighted by Crippen LogP contribution is -2.41. The second kappa shape index (κ2) is 9.23. The van der Waals surface area contributed by atoms with Gasteiger partial charge >= 0.3 is 0 Å². The summed E-state index contributed by atoms with van der Waals surface area (Å²) in [5, 5.41) is 3.63. The molecule has 0 saturated carbocycles. The Morgan fingerprint density at radius 3 is 2.74 bits per heavy atom. The zero-order valence-electron chi connectivity index (χ0n) is 13.8. The summed E-state index contributed by atoms with van der Waals surface area (Å²) < 4.78 is 10.7. The third kappa shape index (κ3) is 6.11. The highest BCUT2D eigenvalue weighted by Crippen LogP contribution is 2.19. The van der Waals surface area contributed by atoms with Gasteiger partial charge in [-0.05, 0) is 43.5 Å². The molecule has 0 spiro atoms. The Balaban J connectivity index is 1.71. The number of likely N-dealkylation sites (tertiary alicyclic amines) is 1. The predicted octanol–water partition coefficient (Wildman–Crippen LogP) is 2.71. The van der Waals surface area contributed by atoms with E-state index in [1.54, 1.807) is 13.2 Å². The molecule has 1 aliphatic heterocycles. The molecular weight excluding hydrogens is 316 g/mol. The Labute approximate surface area is 142 Å². The van der Waals surface area contributed by atoms with E-state index in [0.29, 0.717) is 24.8 Å². The van der Waals surface area contributed by atoms with E-state index in [4.69, 9.17) is 21.1 Å². The minimum absolute atomic E-state index is 0.00507. The van der Waals surface area contributed by atoms with Crippen LogP contribution in [0.3, 0.4) is 0 Å². The molecule has 0 aromatic heterocycles. The molecule has 128 valence electrons. The van der Waals surface area contributed by atoms with Gasteiger partial charge < -0.3 is 14.8 Å². The molecule has 0 unspecified atom stereocenters. The molecular formula is C17H25ClN2O3. The summed E-state index contributed by atoms with van der Waals surface area (Å²) in [6, 6.07) is 5.51. The second-order valence-electron chi connectivity index (χ2n) is 5.85. The van der Waals surface area contributed by atoms with Gasteiger partial charge in [-0.25, -0.2) is 0 Å². The van der Waals surface area contributed by atoms with E-state index in [1.807, 2.05) is 19.1 Å². The van der Waals surface area contributed by atoms with Gasteiger partial charge in [0.2, 0.25) is 5.91 Å². The number of nitrogens with one attached hydrogen (secondary N) is 1. The number of anilines is 1. The van der Waals surface area contributed by atoms with Crippen LogP contribution >= 0.6 is 11.6 Å². The van der Waals surface area contributed by atoms with E-state index in [2.05, 4.69) is 10.2 Å². The van der Waals surface area contributed by atoms with Crippen molar-refractivity contribution in [1.29, 1.82) is 0 Å². The normalized spacial score (nSPS) is 16.5. The third-order valence-corrected chi connectivity index (χ3v) is 4.41. The van der Waals surface area contributed by atoms with E-state index in [1.165, 1.54) is 0 Å². The van der Waals surface area contributed by atoms with Crippen molar-refractivity contribution in [2.24, 2.45) is 0 Å². The number of amides is 1. The summed E-state index contributed by atoms with van der Waals surface area (Å²) in [4.78, 5) is 14.3. The fraction of sp³-hybridized carbons (Fsp3) is 0.588. The summed E-state index contributed by atoms with van der Waals surface area (Å²) in [6.45, 7) is 5.36. The van der Waals surface area contributed by atoms with Crippen LogP contribution < -0.4 is 5.32 Å². The second-order valence-corrected chi connectivity index (χ2v) is 6.26. The topological polar surface area (TPSA) is 50.8 Å². The Hall–Kier alpha value is -1.14. The molecule has 1 amide bonds. The number of benzene rings is 1. The zero-order valence-corrected chi connectivity index (χ0v) is 14.6. The first-order valence-corrected chi connectivity index (χ1v) is 8.35. The van der Waals surface area contributed by atoms with Crippen molar-refractivity contribution in [3.8, 4) is 0 Å². The molecule has 0 bridgehead atoms. The SMILES string of the molecule is COCCOC1CCN(CC(=O)Nc2ccc(Cl)c(C)c2)CC1. The molecule has 0 atom stereocenters. The minimum atomic E-state index is 0.00507. The van der Waals surface area contributed by atoms with E-state index in [0.717, 1.165) is 37.2 Å². The van der Waals surface area contributed by atoms with Crippen LogP contribution in [0.1, 0.15) is 18.4 Å². The van der Waals surface area contributed by atoms with Crippen LogP contribution in [0.25, 0.3) is 0 Å². The number of halogens is 1. The quantitative estimate of drug-likeness (QED) is 0.775. The molecule has 1 fully saturated rings. The fourth-order valence-electron chi connectivity index (χ4n) is 2.66. The zero-order chi connectivity index (χ0) is 16.7.